The van der Waals surface area contributed by atoms with Crippen molar-refractivity contribution in [1.29, 1.82) is 0 Å². The normalized spacial score (nSPS) is 18.0. The van der Waals surface area contributed by atoms with E-state index in [1.807, 2.05) is 28.5 Å². The molecule has 150 valence electrons. The number of likely N-dealkylation sites (tertiary alicyclic amines) is 1. The molecule has 2 saturated heterocycles. The molecule has 5 rings (SSSR count). The highest BCUT2D eigenvalue weighted by Crippen LogP contribution is 2.28. The highest BCUT2D eigenvalue weighted by molar-refractivity contribution is 5.92. The number of piperidine rings is 1. The lowest BCUT2D eigenvalue weighted by Crippen LogP contribution is -2.38. The molecule has 0 bridgehead atoms. The van der Waals surface area contributed by atoms with Gasteiger partial charge in [-0.3, -0.25) is 9.78 Å². The van der Waals surface area contributed by atoms with Gasteiger partial charge in [-0.25, -0.2) is 4.98 Å². The van der Waals surface area contributed by atoms with Gasteiger partial charge < -0.3 is 9.80 Å². The average Bonchev–Trinajstić information content (AvgIpc) is 3.44. The number of carbonyl (C=O) groups is 1. The molecule has 5 heterocycles. The molecule has 0 radical (unpaired) electrons. The van der Waals surface area contributed by atoms with Crippen LogP contribution in [0.3, 0.4) is 0 Å². The molecular weight excluding hydrogens is 368 g/mol. The van der Waals surface area contributed by atoms with E-state index in [1.54, 1.807) is 12.4 Å². The maximum atomic E-state index is 12.7. The highest BCUT2D eigenvalue weighted by Gasteiger charge is 2.28. The molecule has 9 nitrogen and oxygen atoms in total. The van der Waals surface area contributed by atoms with Crippen LogP contribution in [0.25, 0.3) is 5.65 Å². The molecular formula is C20H24N8O. The average molecular weight is 392 g/mol. The predicted octanol–water partition coefficient (Wildman–Crippen LogP) is 1.84. The maximum absolute atomic E-state index is 12.7. The standard InChI is InChI=1S/C20H24N8O/c1-14-12-22-16(13-21-14)20(29)27-10-6-15(7-11-27)19-24-23-17-4-5-18(25-28(17)19)26-8-2-3-9-26/h4-5,12-13,15H,2-3,6-11H2,1H3. The lowest BCUT2D eigenvalue weighted by molar-refractivity contribution is 0.0704. The third kappa shape index (κ3) is 3.41. The summed E-state index contributed by atoms with van der Waals surface area (Å²) in [7, 11) is 0. The monoisotopic (exact) mass is 392 g/mol. The van der Waals surface area contributed by atoms with Crippen molar-refractivity contribution in [2.75, 3.05) is 31.1 Å². The third-order valence-electron chi connectivity index (χ3n) is 5.85. The summed E-state index contributed by atoms with van der Waals surface area (Å²) in [5, 5.41) is 13.6. The smallest absolute Gasteiger partial charge is 0.274 e. The Balaban J connectivity index is 1.31. The molecule has 3 aromatic heterocycles. The van der Waals surface area contributed by atoms with E-state index in [-0.39, 0.29) is 11.8 Å². The van der Waals surface area contributed by atoms with E-state index in [0.29, 0.717) is 18.8 Å². The summed E-state index contributed by atoms with van der Waals surface area (Å²) in [5.41, 5.74) is 1.98. The first-order chi connectivity index (χ1) is 14.2. The molecule has 29 heavy (non-hydrogen) atoms. The minimum absolute atomic E-state index is 0.0588. The molecule has 0 saturated carbocycles. The van der Waals surface area contributed by atoms with Crippen molar-refractivity contribution in [3.63, 3.8) is 0 Å². The van der Waals surface area contributed by atoms with Gasteiger partial charge in [-0.2, -0.15) is 4.52 Å². The van der Waals surface area contributed by atoms with Gasteiger partial charge in [-0.1, -0.05) is 0 Å². The van der Waals surface area contributed by atoms with Crippen molar-refractivity contribution < 1.29 is 4.79 Å². The SMILES string of the molecule is Cc1cnc(C(=O)N2CCC(c3nnc4ccc(N5CCCC5)nn34)CC2)cn1. The molecule has 2 fully saturated rings. The van der Waals surface area contributed by atoms with E-state index in [1.165, 1.54) is 12.8 Å². The second kappa shape index (κ2) is 7.38. The number of aryl methyl sites for hydroxylation is 1. The molecule has 0 atom stereocenters. The second-order valence-electron chi connectivity index (χ2n) is 7.82. The quantitative estimate of drug-likeness (QED) is 0.671. The number of rotatable bonds is 3. The Morgan fingerprint density at radius 2 is 1.79 bits per heavy atom. The molecule has 0 spiro atoms. The fourth-order valence-corrected chi connectivity index (χ4v) is 4.17. The second-order valence-corrected chi connectivity index (χ2v) is 7.82. The first kappa shape index (κ1) is 18.0. The van der Waals surface area contributed by atoms with Gasteiger partial charge in [0.15, 0.2) is 11.5 Å². The van der Waals surface area contributed by atoms with Crippen LogP contribution in [0, 0.1) is 6.92 Å². The summed E-state index contributed by atoms with van der Waals surface area (Å²) in [6, 6.07) is 4.02. The lowest BCUT2D eigenvalue weighted by Gasteiger charge is -2.30. The van der Waals surface area contributed by atoms with Crippen molar-refractivity contribution in [3.05, 3.63) is 41.7 Å². The van der Waals surface area contributed by atoms with Crippen molar-refractivity contribution in [2.24, 2.45) is 0 Å². The molecule has 0 aromatic carbocycles. The molecule has 3 aromatic rings. The van der Waals surface area contributed by atoms with Gasteiger partial charge in [0.2, 0.25) is 0 Å². The number of amides is 1. The molecule has 0 aliphatic carbocycles. The van der Waals surface area contributed by atoms with Gasteiger partial charge in [0.25, 0.3) is 5.91 Å². The third-order valence-corrected chi connectivity index (χ3v) is 5.85. The van der Waals surface area contributed by atoms with Crippen LogP contribution in [-0.4, -0.2) is 66.8 Å². The van der Waals surface area contributed by atoms with E-state index in [2.05, 4.69) is 25.1 Å². The van der Waals surface area contributed by atoms with E-state index < -0.39 is 0 Å². The Bertz CT molecular complexity index is 1020. The van der Waals surface area contributed by atoms with Crippen LogP contribution in [0.15, 0.2) is 24.5 Å². The first-order valence-corrected chi connectivity index (χ1v) is 10.2. The van der Waals surface area contributed by atoms with Crippen LogP contribution in [0.5, 0.6) is 0 Å². The Morgan fingerprint density at radius 1 is 1.00 bits per heavy atom. The zero-order valence-electron chi connectivity index (χ0n) is 16.5. The number of fused-ring (bicyclic) bond motifs is 1. The zero-order chi connectivity index (χ0) is 19.8. The van der Waals surface area contributed by atoms with Gasteiger partial charge in [-0.05, 0) is 44.7 Å². The van der Waals surface area contributed by atoms with Crippen LogP contribution in [0.1, 0.15) is 53.6 Å². The van der Waals surface area contributed by atoms with Gasteiger partial charge >= 0.3 is 0 Å². The Morgan fingerprint density at radius 3 is 2.52 bits per heavy atom. The summed E-state index contributed by atoms with van der Waals surface area (Å²) in [4.78, 5) is 25.2. The summed E-state index contributed by atoms with van der Waals surface area (Å²) in [5.74, 6) is 2.06. The van der Waals surface area contributed by atoms with Gasteiger partial charge in [-0.15, -0.1) is 15.3 Å². The van der Waals surface area contributed by atoms with Gasteiger partial charge in [0, 0.05) is 38.3 Å². The van der Waals surface area contributed by atoms with E-state index in [4.69, 9.17) is 5.10 Å². The van der Waals surface area contributed by atoms with Crippen LogP contribution >= 0.6 is 0 Å². The summed E-state index contributed by atoms with van der Waals surface area (Å²) < 4.78 is 1.89. The van der Waals surface area contributed by atoms with Crippen molar-refractivity contribution in [1.82, 2.24) is 34.7 Å². The lowest BCUT2D eigenvalue weighted by atomic mass is 9.96. The Kier molecular flexibility index (Phi) is 4.57. The molecule has 9 heteroatoms. The van der Waals surface area contributed by atoms with Crippen LogP contribution < -0.4 is 4.90 Å². The summed E-state index contributed by atoms with van der Waals surface area (Å²) >= 11 is 0. The summed E-state index contributed by atoms with van der Waals surface area (Å²) in [6.45, 7) is 5.30. The van der Waals surface area contributed by atoms with Crippen molar-refractivity contribution >= 4 is 17.4 Å². The number of hydrogen-bond acceptors (Lipinski definition) is 7. The minimum atomic E-state index is -0.0588. The maximum Gasteiger partial charge on any atom is 0.274 e. The predicted molar refractivity (Wildman–Crippen MR) is 107 cm³/mol. The summed E-state index contributed by atoms with van der Waals surface area (Å²) in [6.07, 6.45) is 7.29. The number of hydrogen-bond donors (Lipinski definition) is 0. The zero-order valence-corrected chi connectivity index (χ0v) is 16.5. The van der Waals surface area contributed by atoms with E-state index in [9.17, 15) is 4.79 Å². The van der Waals surface area contributed by atoms with Crippen molar-refractivity contribution in [3.8, 4) is 0 Å². The topological polar surface area (TPSA) is 92.4 Å². The molecule has 1 amide bonds. The van der Waals surface area contributed by atoms with Crippen LogP contribution in [0.4, 0.5) is 5.82 Å². The number of carbonyl (C=O) groups excluding carboxylic acids is 1. The van der Waals surface area contributed by atoms with E-state index >= 15 is 0 Å². The van der Waals surface area contributed by atoms with Crippen LogP contribution in [0.2, 0.25) is 0 Å². The number of aromatic nitrogens is 6. The highest BCUT2D eigenvalue weighted by atomic mass is 16.2. The number of anilines is 1. The molecule has 2 aliphatic heterocycles. The van der Waals surface area contributed by atoms with E-state index in [0.717, 1.165) is 48.9 Å². The minimum Gasteiger partial charge on any atom is -0.355 e. The number of nitrogens with zero attached hydrogens (tertiary/aromatic N) is 8. The van der Waals surface area contributed by atoms with Gasteiger partial charge in [0.05, 0.1) is 11.9 Å². The Labute approximate surface area is 168 Å². The van der Waals surface area contributed by atoms with Crippen LogP contribution in [-0.2, 0) is 0 Å². The first-order valence-electron chi connectivity index (χ1n) is 10.2. The molecule has 2 aliphatic rings. The van der Waals surface area contributed by atoms with Gasteiger partial charge in [0.1, 0.15) is 11.5 Å². The fraction of sp³-hybridized carbons (Fsp3) is 0.500. The molecule has 0 unspecified atom stereocenters. The van der Waals surface area contributed by atoms with Crippen molar-refractivity contribution in [2.45, 2.75) is 38.5 Å². The molecule has 0 N–H and O–H groups in total. The Hall–Kier alpha value is -3.10. The largest absolute Gasteiger partial charge is 0.355 e. The fourth-order valence-electron chi connectivity index (χ4n) is 4.17.